The van der Waals surface area contributed by atoms with Gasteiger partial charge in [-0.3, -0.25) is 4.79 Å². The lowest BCUT2D eigenvalue weighted by molar-refractivity contribution is 0.101. The van der Waals surface area contributed by atoms with Crippen molar-refractivity contribution in [1.29, 1.82) is 0 Å². The molecule has 2 aromatic rings. The van der Waals surface area contributed by atoms with Crippen molar-refractivity contribution in [2.75, 3.05) is 0 Å². The molecule has 0 aliphatic rings. The quantitative estimate of drug-likeness (QED) is 0.748. The van der Waals surface area contributed by atoms with Crippen LogP contribution < -0.4 is 4.74 Å². The molecule has 5 heteroatoms. The largest absolute Gasteiger partial charge is 0.485 e. The molecule has 0 radical (unpaired) electrons. The summed E-state index contributed by atoms with van der Waals surface area (Å²) in [5.41, 5.74) is 0.587. The molecule has 0 bridgehead atoms. The van der Waals surface area contributed by atoms with Gasteiger partial charge >= 0.3 is 0 Å². The van der Waals surface area contributed by atoms with Gasteiger partial charge in [0.1, 0.15) is 18.7 Å². The minimum absolute atomic E-state index is 0.00868. The summed E-state index contributed by atoms with van der Waals surface area (Å²) in [4.78, 5) is 15.7. The van der Waals surface area contributed by atoms with Crippen LogP contribution in [0.2, 0.25) is 0 Å². The first kappa shape index (κ1) is 13.3. The molecule has 2 rings (SSSR count). The number of aromatic nitrogens is 3. The Morgan fingerprint density at radius 2 is 2.16 bits per heavy atom. The number of ketones is 1. The summed E-state index contributed by atoms with van der Waals surface area (Å²) in [6.45, 7) is 4.73. The van der Waals surface area contributed by atoms with Crippen LogP contribution in [-0.2, 0) is 13.2 Å². The normalized spacial score (nSPS) is 10.4. The highest BCUT2D eigenvalue weighted by atomic mass is 16.5. The maximum Gasteiger partial charge on any atom is 0.164 e. The van der Waals surface area contributed by atoms with Crippen LogP contribution in [0, 0.1) is 0 Å². The second-order valence-electron chi connectivity index (χ2n) is 4.24. The third-order valence-corrected chi connectivity index (χ3v) is 2.75. The average molecular weight is 259 g/mol. The minimum atomic E-state index is -0.00868. The number of hydrogen-bond donors (Lipinski definition) is 0. The number of carbonyl (C=O) groups is 1. The number of aryl methyl sites for hydroxylation is 1. The molecule has 0 aliphatic heterocycles. The van der Waals surface area contributed by atoms with E-state index in [1.807, 2.05) is 16.8 Å². The zero-order valence-electron chi connectivity index (χ0n) is 11.2. The monoisotopic (exact) mass is 259 g/mol. The molecule has 0 saturated heterocycles. The molecule has 0 spiro atoms. The molecule has 100 valence electrons. The molecule has 1 aromatic carbocycles. The van der Waals surface area contributed by atoms with Crippen LogP contribution in [0.1, 0.15) is 36.5 Å². The number of carbonyl (C=O) groups excluding carboxylic acids is 1. The van der Waals surface area contributed by atoms with Crippen molar-refractivity contribution >= 4 is 5.78 Å². The Morgan fingerprint density at radius 3 is 2.89 bits per heavy atom. The van der Waals surface area contributed by atoms with Crippen molar-refractivity contribution in [1.82, 2.24) is 14.8 Å². The summed E-state index contributed by atoms with van der Waals surface area (Å²) in [5, 5.41) is 4.13. The minimum Gasteiger partial charge on any atom is -0.485 e. The van der Waals surface area contributed by atoms with E-state index in [2.05, 4.69) is 17.0 Å². The molecule has 5 nitrogen and oxygen atoms in total. The first-order valence-corrected chi connectivity index (χ1v) is 6.31. The molecule has 0 aliphatic carbocycles. The van der Waals surface area contributed by atoms with Crippen molar-refractivity contribution < 1.29 is 9.53 Å². The SMILES string of the molecule is CCCn1ncnc1COc1ccccc1C(C)=O. The fourth-order valence-electron chi connectivity index (χ4n) is 1.82. The second kappa shape index (κ2) is 6.13. The van der Waals surface area contributed by atoms with Crippen LogP contribution in [-0.4, -0.2) is 20.5 Å². The zero-order chi connectivity index (χ0) is 13.7. The van der Waals surface area contributed by atoms with Crippen LogP contribution >= 0.6 is 0 Å². The summed E-state index contributed by atoms with van der Waals surface area (Å²) in [6.07, 6.45) is 2.51. The number of para-hydroxylation sites is 1. The van der Waals surface area contributed by atoms with E-state index < -0.39 is 0 Å². The molecular formula is C14H17N3O2. The second-order valence-corrected chi connectivity index (χ2v) is 4.24. The third kappa shape index (κ3) is 3.19. The van der Waals surface area contributed by atoms with Gasteiger partial charge in [0, 0.05) is 6.54 Å². The number of Topliss-reactive ketones (excluding diaryl/α,β-unsaturated/α-hetero) is 1. The highest BCUT2D eigenvalue weighted by molar-refractivity contribution is 5.96. The smallest absolute Gasteiger partial charge is 0.164 e. The maximum atomic E-state index is 11.5. The van der Waals surface area contributed by atoms with Gasteiger partial charge in [0.15, 0.2) is 11.6 Å². The Morgan fingerprint density at radius 1 is 1.37 bits per heavy atom. The number of benzene rings is 1. The Bertz CT molecular complexity index is 563. The fraction of sp³-hybridized carbons (Fsp3) is 0.357. The van der Waals surface area contributed by atoms with Gasteiger partial charge in [-0.25, -0.2) is 9.67 Å². The van der Waals surface area contributed by atoms with Gasteiger partial charge in [-0.2, -0.15) is 5.10 Å². The van der Waals surface area contributed by atoms with Crippen molar-refractivity contribution in [3.05, 3.63) is 42.0 Å². The lowest BCUT2D eigenvalue weighted by Crippen LogP contribution is -2.09. The average Bonchev–Trinajstić information content (AvgIpc) is 2.84. The van der Waals surface area contributed by atoms with Gasteiger partial charge in [-0.1, -0.05) is 19.1 Å². The Kier molecular flexibility index (Phi) is 4.28. The number of ether oxygens (including phenoxy) is 1. The van der Waals surface area contributed by atoms with Crippen molar-refractivity contribution in [3.63, 3.8) is 0 Å². The van der Waals surface area contributed by atoms with Gasteiger partial charge in [0.25, 0.3) is 0 Å². The fourth-order valence-corrected chi connectivity index (χ4v) is 1.82. The molecule has 0 unspecified atom stereocenters. The molecule has 1 heterocycles. The number of rotatable bonds is 6. The summed E-state index contributed by atoms with van der Waals surface area (Å²) in [7, 11) is 0. The molecule has 1 aromatic heterocycles. The molecule has 0 fully saturated rings. The van der Waals surface area contributed by atoms with E-state index in [0.717, 1.165) is 18.8 Å². The topological polar surface area (TPSA) is 57.0 Å². The first-order chi connectivity index (χ1) is 9.22. The highest BCUT2D eigenvalue weighted by Crippen LogP contribution is 2.19. The van der Waals surface area contributed by atoms with Gasteiger partial charge in [0.05, 0.1) is 5.56 Å². The van der Waals surface area contributed by atoms with Crippen LogP contribution in [0.3, 0.4) is 0 Å². The lowest BCUT2D eigenvalue weighted by atomic mass is 10.1. The Balaban J connectivity index is 2.10. The van der Waals surface area contributed by atoms with E-state index in [1.165, 1.54) is 13.3 Å². The van der Waals surface area contributed by atoms with E-state index >= 15 is 0 Å². The maximum absolute atomic E-state index is 11.5. The summed E-state index contributed by atoms with van der Waals surface area (Å²) in [6, 6.07) is 7.22. The Labute approximate surface area is 112 Å². The van der Waals surface area contributed by atoms with E-state index in [4.69, 9.17) is 4.74 Å². The molecular weight excluding hydrogens is 242 g/mol. The van der Waals surface area contributed by atoms with Crippen molar-refractivity contribution in [2.24, 2.45) is 0 Å². The summed E-state index contributed by atoms with van der Waals surface area (Å²) >= 11 is 0. The summed E-state index contributed by atoms with van der Waals surface area (Å²) < 4.78 is 7.50. The number of hydrogen-bond acceptors (Lipinski definition) is 4. The molecule has 0 N–H and O–H groups in total. The van der Waals surface area contributed by atoms with Crippen LogP contribution in [0.25, 0.3) is 0 Å². The van der Waals surface area contributed by atoms with Crippen molar-refractivity contribution in [3.8, 4) is 5.75 Å². The summed E-state index contributed by atoms with van der Waals surface area (Å²) in [5.74, 6) is 1.34. The molecule has 0 atom stereocenters. The highest BCUT2D eigenvalue weighted by Gasteiger charge is 2.09. The number of nitrogens with zero attached hydrogens (tertiary/aromatic N) is 3. The van der Waals surface area contributed by atoms with E-state index in [-0.39, 0.29) is 5.78 Å². The zero-order valence-corrected chi connectivity index (χ0v) is 11.2. The van der Waals surface area contributed by atoms with Crippen LogP contribution in [0.15, 0.2) is 30.6 Å². The van der Waals surface area contributed by atoms with Crippen molar-refractivity contribution in [2.45, 2.75) is 33.4 Å². The van der Waals surface area contributed by atoms with Gasteiger partial charge in [0.2, 0.25) is 0 Å². The van der Waals surface area contributed by atoms with Gasteiger partial charge in [-0.15, -0.1) is 0 Å². The van der Waals surface area contributed by atoms with Crippen LogP contribution in [0.5, 0.6) is 5.75 Å². The predicted molar refractivity (Wildman–Crippen MR) is 71.1 cm³/mol. The first-order valence-electron chi connectivity index (χ1n) is 6.31. The molecule has 19 heavy (non-hydrogen) atoms. The van der Waals surface area contributed by atoms with Gasteiger partial charge in [-0.05, 0) is 25.5 Å². The van der Waals surface area contributed by atoms with E-state index in [1.54, 1.807) is 12.1 Å². The third-order valence-electron chi connectivity index (χ3n) is 2.75. The van der Waals surface area contributed by atoms with Crippen LogP contribution in [0.4, 0.5) is 0 Å². The van der Waals surface area contributed by atoms with Gasteiger partial charge < -0.3 is 4.74 Å². The van der Waals surface area contributed by atoms with E-state index in [0.29, 0.717) is 17.9 Å². The predicted octanol–water partition coefficient (Wildman–Crippen LogP) is 2.47. The lowest BCUT2D eigenvalue weighted by Gasteiger charge is -2.09. The molecule has 0 amide bonds. The van der Waals surface area contributed by atoms with E-state index in [9.17, 15) is 4.79 Å². The Hall–Kier alpha value is -2.17. The molecule has 0 saturated carbocycles. The standard InChI is InChI=1S/C14H17N3O2/c1-3-8-17-14(15-10-16-17)9-19-13-7-5-4-6-12(13)11(2)18/h4-7,10H,3,8-9H2,1-2H3.